The lowest BCUT2D eigenvalue weighted by Gasteiger charge is -2.04. The summed E-state index contributed by atoms with van der Waals surface area (Å²) in [5, 5.41) is 0.730. The lowest BCUT2D eigenvalue weighted by atomic mass is 10.2. The van der Waals surface area contributed by atoms with Crippen molar-refractivity contribution in [3.05, 3.63) is 60.4 Å². The van der Waals surface area contributed by atoms with E-state index in [0.717, 1.165) is 10.9 Å². The molecule has 3 aromatic rings. The maximum absolute atomic E-state index is 12.5. The summed E-state index contributed by atoms with van der Waals surface area (Å²) in [4.78, 5) is 0.514. The smallest absolute Gasteiger partial charge is 0.206 e. The Balaban J connectivity index is 2.15. The molecule has 0 aliphatic carbocycles. The van der Waals surface area contributed by atoms with Gasteiger partial charge in [0.1, 0.15) is 5.58 Å². The minimum atomic E-state index is -3.50. The second-order valence-corrected chi connectivity index (χ2v) is 6.31. The molecule has 3 rings (SSSR count). The lowest BCUT2D eigenvalue weighted by Crippen LogP contribution is -2.01. The van der Waals surface area contributed by atoms with Crippen LogP contribution in [0.25, 0.3) is 11.0 Å². The zero-order valence-electron chi connectivity index (χ0n) is 10.3. The Bertz CT molecular complexity index is 827. The maximum Gasteiger partial charge on any atom is 0.206 e. The van der Waals surface area contributed by atoms with Crippen molar-refractivity contribution in [3.63, 3.8) is 0 Å². The van der Waals surface area contributed by atoms with Gasteiger partial charge in [0, 0.05) is 11.5 Å². The van der Waals surface area contributed by atoms with Crippen LogP contribution in [-0.4, -0.2) is 8.42 Å². The summed E-state index contributed by atoms with van der Waals surface area (Å²) < 4.78 is 30.1. The molecule has 0 spiro atoms. The number of furan rings is 1. The van der Waals surface area contributed by atoms with Gasteiger partial charge >= 0.3 is 0 Å². The first-order chi connectivity index (χ1) is 9.07. The highest BCUT2D eigenvalue weighted by atomic mass is 32.2. The molecule has 3 nitrogen and oxygen atoms in total. The van der Waals surface area contributed by atoms with E-state index in [1.54, 1.807) is 36.4 Å². The van der Waals surface area contributed by atoms with Gasteiger partial charge in [-0.05, 0) is 37.3 Å². The fourth-order valence-electron chi connectivity index (χ4n) is 1.89. The van der Waals surface area contributed by atoms with E-state index < -0.39 is 9.84 Å². The lowest BCUT2D eigenvalue weighted by molar-refractivity contribution is 0.596. The van der Waals surface area contributed by atoms with Gasteiger partial charge in [0.25, 0.3) is 0 Å². The number of benzene rings is 2. The first kappa shape index (κ1) is 12.0. The average Bonchev–Trinajstić information content (AvgIpc) is 2.86. The summed E-state index contributed by atoms with van der Waals surface area (Å²) in [7, 11) is -3.50. The molecule has 1 heterocycles. The molecular formula is C15H11O3S. The first-order valence-corrected chi connectivity index (χ1v) is 7.26. The van der Waals surface area contributed by atoms with E-state index >= 15 is 0 Å². The van der Waals surface area contributed by atoms with Crippen LogP contribution in [0.5, 0.6) is 0 Å². The molecule has 0 saturated heterocycles. The van der Waals surface area contributed by atoms with Crippen molar-refractivity contribution < 1.29 is 12.8 Å². The van der Waals surface area contributed by atoms with Crippen molar-refractivity contribution in [1.82, 2.24) is 0 Å². The SMILES string of the molecule is Cc1ccc(S(=O)(=O)c2c[c]c3occc3c2)cc1. The van der Waals surface area contributed by atoms with Gasteiger partial charge < -0.3 is 4.42 Å². The second-order valence-electron chi connectivity index (χ2n) is 4.36. The van der Waals surface area contributed by atoms with E-state index in [4.69, 9.17) is 4.42 Å². The Morgan fingerprint density at radius 3 is 2.53 bits per heavy atom. The van der Waals surface area contributed by atoms with Gasteiger partial charge in [0.05, 0.1) is 16.1 Å². The number of hydrogen-bond acceptors (Lipinski definition) is 3. The third-order valence-electron chi connectivity index (χ3n) is 2.98. The number of rotatable bonds is 2. The number of aryl methyl sites for hydroxylation is 1. The summed E-state index contributed by atoms with van der Waals surface area (Å²) in [6.07, 6.45) is 1.52. The van der Waals surface area contributed by atoms with Gasteiger partial charge in [-0.2, -0.15) is 0 Å². The van der Waals surface area contributed by atoms with Crippen LogP contribution in [0.15, 0.2) is 62.9 Å². The molecule has 95 valence electrons. The maximum atomic E-state index is 12.5. The molecule has 0 fully saturated rings. The van der Waals surface area contributed by atoms with Crippen LogP contribution in [-0.2, 0) is 9.84 Å². The highest BCUT2D eigenvalue weighted by Gasteiger charge is 2.18. The van der Waals surface area contributed by atoms with Gasteiger partial charge in [0.15, 0.2) is 0 Å². The van der Waals surface area contributed by atoms with Gasteiger partial charge in [-0.15, -0.1) is 0 Å². The van der Waals surface area contributed by atoms with Crippen molar-refractivity contribution in [2.24, 2.45) is 0 Å². The topological polar surface area (TPSA) is 47.3 Å². The molecule has 0 aliphatic heterocycles. The summed E-state index contributed by atoms with van der Waals surface area (Å²) >= 11 is 0. The first-order valence-electron chi connectivity index (χ1n) is 5.78. The average molecular weight is 271 g/mol. The van der Waals surface area contributed by atoms with Crippen molar-refractivity contribution in [2.75, 3.05) is 0 Å². The Morgan fingerprint density at radius 2 is 1.79 bits per heavy atom. The van der Waals surface area contributed by atoms with E-state index in [9.17, 15) is 8.42 Å². The molecule has 1 radical (unpaired) electrons. The Kier molecular flexibility index (Phi) is 2.68. The third-order valence-corrected chi connectivity index (χ3v) is 4.73. The third kappa shape index (κ3) is 2.04. The fourth-order valence-corrected chi connectivity index (χ4v) is 3.15. The van der Waals surface area contributed by atoms with Gasteiger partial charge in [-0.3, -0.25) is 0 Å². The van der Waals surface area contributed by atoms with E-state index in [1.807, 2.05) is 6.92 Å². The largest absolute Gasteiger partial charge is 0.464 e. The monoisotopic (exact) mass is 271 g/mol. The van der Waals surface area contributed by atoms with Crippen LogP contribution in [0.1, 0.15) is 5.56 Å². The molecule has 0 unspecified atom stereocenters. The van der Waals surface area contributed by atoms with Crippen molar-refractivity contribution in [1.29, 1.82) is 0 Å². The van der Waals surface area contributed by atoms with Crippen molar-refractivity contribution in [3.8, 4) is 0 Å². The van der Waals surface area contributed by atoms with Gasteiger partial charge in [-0.25, -0.2) is 8.42 Å². The molecular weight excluding hydrogens is 260 g/mol. The second kappa shape index (κ2) is 4.24. The highest BCUT2D eigenvalue weighted by molar-refractivity contribution is 7.91. The molecule has 0 amide bonds. The molecule has 2 aromatic carbocycles. The Morgan fingerprint density at radius 1 is 1.05 bits per heavy atom. The summed E-state index contributed by atoms with van der Waals surface area (Å²) in [5.41, 5.74) is 1.58. The zero-order valence-corrected chi connectivity index (χ0v) is 11.1. The summed E-state index contributed by atoms with van der Waals surface area (Å²) in [6.45, 7) is 1.92. The van der Waals surface area contributed by atoms with Crippen LogP contribution >= 0.6 is 0 Å². The quantitative estimate of drug-likeness (QED) is 0.718. The molecule has 1 aromatic heterocycles. The number of hydrogen-bond donors (Lipinski definition) is 0. The molecule has 0 bridgehead atoms. The molecule has 0 N–H and O–H groups in total. The van der Waals surface area contributed by atoms with E-state index in [-0.39, 0.29) is 9.79 Å². The van der Waals surface area contributed by atoms with Gasteiger partial charge in [-0.1, -0.05) is 17.7 Å². The molecule has 0 atom stereocenters. The normalized spacial score (nSPS) is 11.8. The van der Waals surface area contributed by atoms with Crippen LogP contribution in [0, 0.1) is 13.0 Å². The number of fused-ring (bicyclic) bond motifs is 1. The van der Waals surface area contributed by atoms with Crippen LogP contribution < -0.4 is 0 Å². The molecule has 0 saturated carbocycles. The molecule has 19 heavy (non-hydrogen) atoms. The minimum Gasteiger partial charge on any atom is -0.464 e. The fraction of sp³-hybridized carbons (Fsp3) is 0.0667. The number of sulfone groups is 1. The van der Waals surface area contributed by atoms with Crippen molar-refractivity contribution in [2.45, 2.75) is 16.7 Å². The summed E-state index contributed by atoms with van der Waals surface area (Å²) in [6, 6.07) is 14.4. The standard InChI is InChI=1S/C15H11O3S/c1-11-2-4-13(5-3-11)19(16,17)14-6-7-15-12(10-14)8-9-18-15/h2-6,8-10H,1H3. The van der Waals surface area contributed by atoms with E-state index in [0.29, 0.717) is 5.58 Å². The van der Waals surface area contributed by atoms with Crippen molar-refractivity contribution >= 4 is 20.8 Å². The Labute approximate surface area is 111 Å². The Hall–Kier alpha value is -2.07. The highest BCUT2D eigenvalue weighted by Crippen LogP contribution is 2.25. The van der Waals surface area contributed by atoms with Crippen LogP contribution in [0.2, 0.25) is 0 Å². The van der Waals surface area contributed by atoms with Crippen LogP contribution in [0.3, 0.4) is 0 Å². The molecule has 4 heteroatoms. The summed E-state index contributed by atoms with van der Waals surface area (Å²) in [5.74, 6) is 0. The predicted octanol–water partition coefficient (Wildman–Crippen LogP) is 3.37. The molecule has 0 aliphatic rings. The predicted molar refractivity (Wildman–Crippen MR) is 71.7 cm³/mol. The van der Waals surface area contributed by atoms with E-state index in [2.05, 4.69) is 6.07 Å². The zero-order chi connectivity index (χ0) is 13.5. The minimum absolute atomic E-state index is 0.227. The van der Waals surface area contributed by atoms with Gasteiger partial charge in [0.2, 0.25) is 9.84 Å². The van der Waals surface area contributed by atoms with Crippen LogP contribution in [0.4, 0.5) is 0 Å². The van der Waals surface area contributed by atoms with E-state index in [1.165, 1.54) is 12.3 Å².